The number of nitrogens with one attached hydrogen (secondary N) is 1. The van der Waals surface area contributed by atoms with Crippen LogP contribution in [-0.2, 0) is 11.3 Å². The van der Waals surface area contributed by atoms with E-state index in [0.29, 0.717) is 33.2 Å². The average molecular weight is 485 g/mol. The van der Waals surface area contributed by atoms with Crippen LogP contribution in [0.4, 0.5) is 5.69 Å². The fraction of sp³-hybridized carbons (Fsp3) is 0.182. The molecule has 2 amide bonds. The molecule has 4 rings (SSSR count). The molecule has 0 spiro atoms. The smallest absolute Gasteiger partial charge is 0.263 e. The molecule has 10 heteroatoms. The number of thiophene rings is 2. The maximum absolute atomic E-state index is 13.3. The molecule has 1 atom stereocenters. The topological polar surface area (TPSA) is 107 Å². The van der Waals surface area contributed by atoms with Gasteiger partial charge in [0.25, 0.3) is 5.56 Å². The van der Waals surface area contributed by atoms with Crippen LogP contribution in [0.25, 0.3) is 20.7 Å². The third-order valence-electron chi connectivity index (χ3n) is 4.85. The van der Waals surface area contributed by atoms with Crippen LogP contribution in [0.1, 0.15) is 24.2 Å². The molecule has 3 heterocycles. The van der Waals surface area contributed by atoms with Gasteiger partial charge in [-0.2, -0.15) is 0 Å². The number of rotatable bonds is 7. The van der Waals surface area contributed by atoms with Gasteiger partial charge in [0.15, 0.2) is 5.16 Å². The van der Waals surface area contributed by atoms with Gasteiger partial charge in [0.2, 0.25) is 11.8 Å². The van der Waals surface area contributed by atoms with Gasteiger partial charge < -0.3 is 11.1 Å². The van der Waals surface area contributed by atoms with E-state index in [4.69, 9.17) is 10.7 Å². The first-order chi connectivity index (χ1) is 15.4. The van der Waals surface area contributed by atoms with Gasteiger partial charge in [-0.25, -0.2) is 4.98 Å². The molecule has 32 heavy (non-hydrogen) atoms. The molecule has 0 bridgehead atoms. The lowest BCUT2D eigenvalue weighted by molar-refractivity contribution is -0.115. The van der Waals surface area contributed by atoms with Crippen LogP contribution in [0, 0.1) is 0 Å². The summed E-state index contributed by atoms with van der Waals surface area (Å²) in [6.45, 7) is 4.10. The molecule has 0 radical (unpaired) electrons. The van der Waals surface area contributed by atoms with Gasteiger partial charge in [0.1, 0.15) is 4.83 Å². The highest BCUT2D eigenvalue weighted by Gasteiger charge is 2.21. The average Bonchev–Trinajstić information content (AvgIpc) is 3.44. The largest absolute Gasteiger partial charge is 0.366 e. The molecule has 0 aliphatic rings. The lowest BCUT2D eigenvalue weighted by atomic mass is 10.2. The minimum atomic E-state index is -0.526. The van der Waals surface area contributed by atoms with Crippen LogP contribution in [0.5, 0.6) is 0 Å². The third-order valence-corrected chi connectivity index (χ3v) is 7.72. The Morgan fingerprint density at radius 2 is 1.97 bits per heavy atom. The van der Waals surface area contributed by atoms with Gasteiger partial charge in [-0.1, -0.05) is 17.8 Å². The number of amides is 2. The van der Waals surface area contributed by atoms with E-state index < -0.39 is 11.2 Å². The molecule has 3 aromatic heterocycles. The summed E-state index contributed by atoms with van der Waals surface area (Å²) in [7, 11) is 0. The van der Waals surface area contributed by atoms with Crippen molar-refractivity contribution in [3.63, 3.8) is 0 Å². The van der Waals surface area contributed by atoms with Crippen LogP contribution < -0.4 is 16.6 Å². The number of carbonyl (C=O) groups is 2. The number of thioether (sulfide) groups is 1. The number of hydrogen-bond donors (Lipinski definition) is 2. The zero-order valence-corrected chi connectivity index (χ0v) is 19.8. The number of anilines is 1. The summed E-state index contributed by atoms with van der Waals surface area (Å²) in [5.41, 5.74) is 6.98. The first-order valence-corrected chi connectivity index (χ1v) is 12.5. The maximum Gasteiger partial charge on any atom is 0.263 e. The molecule has 1 aromatic carbocycles. The highest BCUT2D eigenvalue weighted by atomic mass is 32.2. The van der Waals surface area contributed by atoms with Crippen molar-refractivity contribution >= 4 is 62.2 Å². The van der Waals surface area contributed by atoms with Crippen molar-refractivity contribution in [2.24, 2.45) is 5.73 Å². The van der Waals surface area contributed by atoms with Crippen LogP contribution in [0.3, 0.4) is 0 Å². The molecule has 4 aromatic rings. The van der Waals surface area contributed by atoms with Crippen molar-refractivity contribution in [2.75, 3.05) is 5.32 Å². The minimum Gasteiger partial charge on any atom is -0.366 e. The van der Waals surface area contributed by atoms with Gasteiger partial charge >= 0.3 is 0 Å². The molecule has 0 saturated carbocycles. The Kier molecular flexibility index (Phi) is 6.45. The Balaban J connectivity index is 1.58. The Morgan fingerprint density at radius 1 is 1.22 bits per heavy atom. The Morgan fingerprint density at radius 3 is 2.59 bits per heavy atom. The lowest BCUT2D eigenvalue weighted by Gasteiger charge is -2.15. The summed E-state index contributed by atoms with van der Waals surface area (Å²) in [4.78, 5) is 43.6. The lowest BCUT2D eigenvalue weighted by Crippen LogP contribution is -2.26. The summed E-state index contributed by atoms with van der Waals surface area (Å²) in [5.74, 6) is -0.758. The molecule has 3 N–H and O–H groups in total. The molecular weight excluding hydrogens is 464 g/mol. The second-order valence-electron chi connectivity index (χ2n) is 6.94. The van der Waals surface area contributed by atoms with E-state index in [1.165, 1.54) is 23.1 Å². The molecule has 0 saturated heterocycles. The van der Waals surface area contributed by atoms with E-state index >= 15 is 0 Å². The summed E-state index contributed by atoms with van der Waals surface area (Å²) in [6, 6.07) is 10.3. The summed E-state index contributed by atoms with van der Waals surface area (Å²) < 4.78 is 1.61. The summed E-state index contributed by atoms with van der Waals surface area (Å²) in [5, 5.41) is 7.40. The van der Waals surface area contributed by atoms with Crippen molar-refractivity contribution in [1.29, 1.82) is 0 Å². The zero-order chi connectivity index (χ0) is 22.8. The fourth-order valence-corrected chi connectivity index (χ4v) is 5.94. The van der Waals surface area contributed by atoms with E-state index in [2.05, 4.69) is 5.32 Å². The van der Waals surface area contributed by atoms with E-state index in [1.54, 1.807) is 47.1 Å². The highest BCUT2D eigenvalue weighted by molar-refractivity contribution is 8.00. The second kappa shape index (κ2) is 9.27. The molecule has 0 fully saturated rings. The van der Waals surface area contributed by atoms with Crippen molar-refractivity contribution < 1.29 is 9.59 Å². The number of aromatic nitrogens is 2. The fourth-order valence-electron chi connectivity index (χ4n) is 3.16. The molecule has 0 aliphatic heterocycles. The molecule has 1 unspecified atom stereocenters. The van der Waals surface area contributed by atoms with E-state index in [1.807, 2.05) is 29.8 Å². The van der Waals surface area contributed by atoms with Crippen molar-refractivity contribution in [2.45, 2.75) is 30.8 Å². The van der Waals surface area contributed by atoms with Gasteiger partial charge in [0, 0.05) is 33.6 Å². The van der Waals surface area contributed by atoms with E-state index in [9.17, 15) is 14.4 Å². The number of nitrogens with two attached hydrogens (primary N) is 1. The number of fused-ring (bicyclic) bond motifs is 1. The van der Waals surface area contributed by atoms with Crippen molar-refractivity contribution in [3.8, 4) is 10.4 Å². The standard InChI is InChI=1S/C22H20N4O3S3/c1-3-26-21(29)17-15(16-5-4-10-30-16)11-31-20(17)25-22(26)32-12(2)19(28)24-14-8-6-13(7-9-14)18(23)27/h4-12H,3H2,1-2H3,(H2,23,27)(H,24,28). The van der Waals surface area contributed by atoms with E-state index in [0.717, 1.165) is 10.4 Å². The third kappa shape index (κ3) is 4.34. The van der Waals surface area contributed by atoms with Crippen molar-refractivity contribution in [1.82, 2.24) is 9.55 Å². The van der Waals surface area contributed by atoms with Gasteiger partial charge in [-0.15, -0.1) is 22.7 Å². The predicted octanol–water partition coefficient (Wildman–Crippen LogP) is 4.42. The highest BCUT2D eigenvalue weighted by Crippen LogP contribution is 2.35. The van der Waals surface area contributed by atoms with Gasteiger partial charge in [0.05, 0.1) is 10.6 Å². The van der Waals surface area contributed by atoms with Crippen LogP contribution >= 0.6 is 34.4 Å². The maximum atomic E-state index is 13.3. The number of nitrogens with zero attached hydrogens (tertiary/aromatic N) is 2. The summed E-state index contributed by atoms with van der Waals surface area (Å²) >= 11 is 4.26. The first-order valence-electron chi connectivity index (χ1n) is 9.82. The quantitative estimate of drug-likeness (QED) is 0.298. The Hall–Kier alpha value is -2.95. The predicted molar refractivity (Wildman–Crippen MR) is 132 cm³/mol. The van der Waals surface area contributed by atoms with Gasteiger partial charge in [-0.05, 0) is 49.6 Å². The second-order valence-corrected chi connectivity index (χ2v) is 10.1. The molecular formula is C22H20N4O3S3. The Bertz CT molecular complexity index is 1340. The number of benzene rings is 1. The molecule has 164 valence electrons. The Labute approximate surface area is 196 Å². The number of carbonyl (C=O) groups excluding carboxylic acids is 2. The van der Waals surface area contributed by atoms with Crippen molar-refractivity contribution in [3.05, 3.63) is 63.1 Å². The molecule has 0 aliphatic carbocycles. The zero-order valence-electron chi connectivity index (χ0n) is 17.3. The number of hydrogen-bond acceptors (Lipinski definition) is 7. The van der Waals surface area contributed by atoms with Crippen LogP contribution in [0.2, 0.25) is 0 Å². The normalized spacial score (nSPS) is 12.1. The van der Waals surface area contributed by atoms with Crippen LogP contribution in [-0.4, -0.2) is 26.6 Å². The number of primary amides is 1. The SMILES string of the molecule is CCn1c(SC(C)C(=O)Nc2ccc(C(N)=O)cc2)nc2scc(-c3cccs3)c2c1=O. The minimum absolute atomic E-state index is 0.0979. The summed E-state index contributed by atoms with van der Waals surface area (Å²) in [6.07, 6.45) is 0. The first kappa shape index (κ1) is 22.3. The molecule has 7 nitrogen and oxygen atoms in total. The van der Waals surface area contributed by atoms with Crippen LogP contribution in [0.15, 0.2) is 57.1 Å². The van der Waals surface area contributed by atoms with Gasteiger partial charge in [-0.3, -0.25) is 19.0 Å². The van der Waals surface area contributed by atoms with E-state index in [-0.39, 0.29) is 11.5 Å². The monoisotopic (exact) mass is 484 g/mol.